The molecule has 0 radical (unpaired) electrons. The maximum atomic E-state index is 6.27. The van der Waals surface area contributed by atoms with Crippen LogP contribution in [-0.4, -0.2) is 31.9 Å². The molecule has 4 nitrogen and oxygen atoms in total. The summed E-state index contributed by atoms with van der Waals surface area (Å²) >= 11 is 6.27. The molecule has 0 spiro atoms. The molecule has 1 aromatic carbocycles. The highest BCUT2D eigenvalue weighted by Gasteiger charge is 2.52. The molecule has 0 amide bonds. The van der Waals surface area contributed by atoms with Gasteiger partial charge in [0.1, 0.15) is 0 Å². The van der Waals surface area contributed by atoms with E-state index in [-0.39, 0.29) is 11.2 Å². The quantitative estimate of drug-likeness (QED) is 0.660. The molecule has 22 heavy (non-hydrogen) atoms. The molecule has 0 bridgehead atoms. The van der Waals surface area contributed by atoms with Gasteiger partial charge in [-0.05, 0) is 52.3 Å². The van der Waals surface area contributed by atoms with Crippen molar-refractivity contribution in [1.82, 2.24) is 5.32 Å². The highest BCUT2D eigenvalue weighted by atomic mass is 35.5. The lowest BCUT2D eigenvalue weighted by Gasteiger charge is -2.32. The number of benzene rings is 1. The topological polar surface area (TPSA) is 56.5 Å². The molecule has 1 aromatic rings. The summed E-state index contributed by atoms with van der Waals surface area (Å²) in [6.45, 7) is 8.77. The Hall–Kier alpha value is -1.01. The monoisotopic (exact) mass is 322 g/mol. The van der Waals surface area contributed by atoms with Gasteiger partial charge in [0.05, 0.1) is 11.2 Å². The first-order chi connectivity index (χ1) is 10.2. The van der Waals surface area contributed by atoms with Gasteiger partial charge in [0.2, 0.25) is 0 Å². The summed E-state index contributed by atoms with van der Waals surface area (Å²) in [6, 6.07) is 5.49. The van der Waals surface area contributed by atoms with E-state index in [0.717, 1.165) is 11.0 Å². The smallest absolute Gasteiger partial charge is 0.400 e. The zero-order valence-electron chi connectivity index (χ0n) is 13.9. The molecule has 0 aliphatic carbocycles. The molecule has 1 heterocycles. The van der Waals surface area contributed by atoms with Gasteiger partial charge in [-0.1, -0.05) is 23.7 Å². The van der Waals surface area contributed by atoms with Crippen molar-refractivity contribution in [3.8, 4) is 0 Å². The van der Waals surface area contributed by atoms with Gasteiger partial charge in [-0.2, -0.15) is 0 Å². The van der Waals surface area contributed by atoms with Crippen LogP contribution in [0.4, 0.5) is 5.69 Å². The van der Waals surface area contributed by atoms with Gasteiger partial charge in [-0.15, -0.1) is 0 Å². The third kappa shape index (κ3) is 3.33. The van der Waals surface area contributed by atoms with Gasteiger partial charge in [0.15, 0.2) is 0 Å². The SMILES string of the molecule is CNCC(=Cc1c(N)cccc1Cl)B1OC(C)(C)C(C)(C)O1. The third-order valence-electron chi connectivity index (χ3n) is 4.35. The van der Waals surface area contributed by atoms with E-state index in [1.165, 1.54) is 0 Å². The second kappa shape index (κ2) is 6.24. The fourth-order valence-electron chi connectivity index (χ4n) is 2.29. The summed E-state index contributed by atoms with van der Waals surface area (Å²) in [6.07, 6.45) is 1.95. The van der Waals surface area contributed by atoms with Crippen LogP contribution in [0.2, 0.25) is 5.02 Å². The van der Waals surface area contributed by atoms with Crippen molar-refractivity contribution in [1.29, 1.82) is 0 Å². The summed E-state index contributed by atoms with van der Waals surface area (Å²) in [4.78, 5) is 0. The largest absolute Gasteiger partial charge is 0.491 e. The molecule has 0 saturated carbocycles. The molecular formula is C16H24BClN2O2. The lowest BCUT2D eigenvalue weighted by Crippen LogP contribution is -2.41. The van der Waals surface area contributed by atoms with Crippen LogP contribution in [0.5, 0.6) is 0 Å². The van der Waals surface area contributed by atoms with Gasteiger partial charge < -0.3 is 20.4 Å². The van der Waals surface area contributed by atoms with Crippen LogP contribution in [0.1, 0.15) is 33.3 Å². The second-order valence-corrected chi connectivity index (χ2v) is 6.99. The minimum Gasteiger partial charge on any atom is -0.400 e. The van der Waals surface area contributed by atoms with Crippen LogP contribution in [0.15, 0.2) is 23.7 Å². The van der Waals surface area contributed by atoms with E-state index in [1.54, 1.807) is 0 Å². The summed E-state index contributed by atoms with van der Waals surface area (Å²) in [5.41, 5.74) is 7.67. The number of anilines is 1. The lowest BCUT2D eigenvalue weighted by atomic mass is 9.77. The lowest BCUT2D eigenvalue weighted by molar-refractivity contribution is 0.00578. The maximum Gasteiger partial charge on any atom is 0.491 e. The number of halogens is 1. The predicted octanol–water partition coefficient (Wildman–Crippen LogP) is 3.16. The number of nitrogens with two attached hydrogens (primary N) is 1. The Morgan fingerprint density at radius 3 is 2.36 bits per heavy atom. The van der Waals surface area contributed by atoms with Crippen LogP contribution in [0, 0.1) is 0 Å². The number of likely N-dealkylation sites (N-methyl/N-ethyl adjacent to an activating group) is 1. The normalized spacial score (nSPS) is 20.5. The highest BCUT2D eigenvalue weighted by molar-refractivity contribution is 6.56. The number of hydrogen-bond acceptors (Lipinski definition) is 4. The Kier molecular flexibility index (Phi) is 4.92. The van der Waals surface area contributed by atoms with Gasteiger partial charge in [0, 0.05) is 22.8 Å². The number of rotatable bonds is 4. The minimum absolute atomic E-state index is 0.378. The first-order valence-corrected chi connectivity index (χ1v) is 7.80. The summed E-state index contributed by atoms with van der Waals surface area (Å²) < 4.78 is 12.2. The molecule has 0 unspecified atom stereocenters. The number of nitrogens with one attached hydrogen (secondary N) is 1. The number of nitrogen functional groups attached to an aromatic ring is 1. The Bertz CT molecular complexity index is 551. The Balaban J connectivity index is 2.38. The van der Waals surface area contributed by atoms with Crippen molar-refractivity contribution < 1.29 is 9.31 Å². The standard InChI is InChI=1S/C16H24BClN2O2/c1-15(2)16(3,4)22-17(21-15)11(10-20-5)9-12-13(18)7-6-8-14(12)19/h6-9,20H,10,19H2,1-5H3. The van der Waals surface area contributed by atoms with E-state index < -0.39 is 7.12 Å². The second-order valence-electron chi connectivity index (χ2n) is 6.58. The van der Waals surface area contributed by atoms with Gasteiger partial charge in [0.25, 0.3) is 0 Å². The first kappa shape index (κ1) is 17.4. The Morgan fingerprint density at radius 2 is 1.86 bits per heavy atom. The molecule has 6 heteroatoms. The van der Waals surface area contributed by atoms with E-state index in [1.807, 2.05) is 59.0 Å². The fraction of sp³-hybridized carbons (Fsp3) is 0.500. The van der Waals surface area contributed by atoms with E-state index in [2.05, 4.69) is 5.32 Å². The van der Waals surface area contributed by atoms with Crippen LogP contribution >= 0.6 is 11.6 Å². The molecule has 1 aliphatic heterocycles. The van der Waals surface area contributed by atoms with Crippen LogP contribution in [0.25, 0.3) is 6.08 Å². The number of hydrogen-bond donors (Lipinski definition) is 2. The Labute approximate surface area is 138 Å². The highest BCUT2D eigenvalue weighted by Crippen LogP contribution is 2.39. The van der Waals surface area contributed by atoms with Crippen molar-refractivity contribution >= 4 is 30.5 Å². The van der Waals surface area contributed by atoms with Crippen LogP contribution in [-0.2, 0) is 9.31 Å². The fourth-order valence-corrected chi connectivity index (χ4v) is 2.53. The molecule has 1 aliphatic rings. The van der Waals surface area contributed by atoms with E-state index in [0.29, 0.717) is 17.3 Å². The summed E-state index contributed by atoms with van der Waals surface area (Å²) in [5.74, 6) is 0. The van der Waals surface area contributed by atoms with Crippen molar-refractivity contribution in [2.45, 2.75) is 38.9 Å². The molecular weight excluding hydrogens is 298 g/mol. The molecule has 0 atom stereocenters. The Morgan fingerprint density at radius 1 is 1.27 bits per heavy atom. The predicted molar refractivity (Wildman–Crippen MR) is 93.9 cm³/mol. The molecule has 1 fully saturated rings. The van der Waals surface area contributed by atoms with Gasteiger partial charge in [-0.3, -0.25) is 0 Å². The van der Waals surface area contributed by atoms with E-state index >= 15 is 0 Å². The van der Waals surface area contributed by atoms with Crippen molar-refractivity contribution in [3.63, 3.8) is 0 Å². The van der Waals surface area contributed by atoms with Gasteiger partial charge >= 0.3 is 7.12 Å². The minimum atomic E-state index is -0.423. The van der Waals surface area contributed by atoms with Gasteiger partial charge in [-0.25, -0.2) is 0 Å². The van der Waals surface area contributed by atoms with Crippen molar-refractivity contribution in [2.24, 2.45) is 0 Å². The average Bonchev–Trinajstić information content (AvgIpc) is 2.61. The van der Waals surface area contributed by atoms with Crippen LogP contribution < -0.4 is 11.1 Å². The van der Waals surface area contributed by atoms with E-state index in [9.17, 15) is 0 Å². The maximum absolute atomic E-state index is 6.27. The third-order valence-corrected chi connectivity index (χ3v) is 4.68. The average molecular weight is 323 g/mol. The zero-order valence-corrected chi connectivity index (χ0v) is 14.6. The van der Waals surface area contributed by atoms with Crippen molar-refractivity contribution in [3.05, 3.63) is 34.3 Å². The molecule has 2 rings (SSSR count). The summed E-state index contributed by atoms with van der Waals surface area (Å²) in [5, 5.41) is 3.76. The van der Waals surface area contributed by atoms with Crippen LogP contribution in [0.3, 0.4) is 0 Å². The molecule has 0 aromatic heterocycles. The molecule has 120 valence electrons. The van der Waals surface area contributed by atoms with Crippen molar-refractivity contribution in [2.75, 3.05) is 19.3 Å². The molecule has 1 saturated heterocycles. The molecule has 3 N–H and O–H groups in total. The van der Waals surface area contributed by atoms with E-state index in [4.69, 9.17) is 26.6 Å². The first-order valence-electron chi connectivity index (χ1n) is 7.42. The summed E-state index contributed by atoms with van der Waals surface area (Å²) in [7, 11) is 1.46. The zero-order chi connectivity index (χ0) is 16.5.